The fourth-order valence-corrected chi connectivity index (χ4v) is 7.05. The maximum Gasteiger partial charge on any atom is 0.417 e. The van der Waals surface area contributed by atoms with Crippen molar-refractivity contribution in [3.8, 4) is 6.07 Å². The van der Waals surface area contributed by atoms with Crippen molar-refractivity contribution in [3.63, 3.8) is 0 Å². The van der Waals surface area contributed by atoms with Gasteiger partial charge in [0.2, 0.25) is 5.91 Å². The predicted molar refractivity (Wildman–Crippen MR) is 235 cm³/mol. The molecule has 3 heterocycles. The fourth-order valence-electron chi connectivity index (χ4n) is 5.55. The number of carbonyl (C=O) groups excluding carboxylic acids is 2. The first-order valence-corrected chi connectivity index (χ1v) is 20.6. The van der Waals surface area contributed by atoms with Crippen molar-refractivity contribution >= 4 is 62.9 Å². The van der Waals surface area contributed by atoms with Gasteiger partial charge in [0.25, 0.3) is 5.91 Å². The minimum atomic E-state index is -4.57. The van der Waals surface area contributed by atoms with Gasteiger partial charge in [0, 0.05) is 29.9 Å². The van der Waals surface area contributed by atoms with Crippen LogP contribution in [-0.2, 0) is 36.4 Å². The summed E-state index contributed by atoms with van der Waals surface area (Å²) in [6.45, 7) is 4.67. The first kappa shape index (κ1) is 50.6. The van der Waals surface area contributed by atoms with E-state index in [1.165, 1.54) is 31.0 Å². The van der Waals surface area contributed by atoms with Gasteiger partial charge < -0.3 is 27.1 Å². The van der Waals surface area contributed by atoms with Gasteiger partial charge in [-0.3, -0.25) is 9.59 Å². The van der Waals surface area contributed by atoms with Crippen molar-refractivity contribution in [2.75, 3.05) is 31.2 Å². The lowest BCUT2D eigenvalue weighted by Crippen LogP contribution is -2.26. The summed E-state index contributed by atoms with van der Waals surface area (Å²) in [6.07, 6.45) is -6.66. The summed E-state index contributed by atoms with van der Waals surface area (Å²) in [4.78, 5) is 29.9. The third kappa shape index (κ3) is 16.2. The molecule has 7 N–H and O–H groups in total. The normalized spacial score (nSPS) is 10.8. The van der Waals surface area contributed by atoms with Crippen molar-refractivity contribution in [1.29, 1.82) is 5.26 Å². The number of hydrogen-bond donors (Lipinski definition) is 5. The minimum Gasteiger partial charge on any atom is -0.397 e. The molecule has 0 spiro atoms. The van der Waals surface area contributed by atoms with Gasteiger partial charge in [-0.2, -0.15) is 31.6 Å². The number of benzene rings is 3. The van der Waals surface area contributed by atoms with Crippen LogP contribution in [0, 0.1) is 29.8 Å². The van der Waals surface area contributed by atoms with E-state index in [0.717, 1.165) is 48.4 Å². The molecule has 0 atom stereocenters. The van der Waals surface area contributed by atoms with Crippen LogP contribution < -0.4 is 22.1 Å². The molecule has 18 heteroatoms. The molecule has 0 bridgehead atoms. The summed E-state index contributed by atoms with van der Waals surface area (Å²) in [5, 5.41) is 13.7. The lowest BCUT2D eigenvalue weighted by Gasteiger charge is -2.09. The highest BCUT2D eigenvalue weighted by Crippen LogP contribution is 2.42. The smallest absolute Gasteiger partial charge is 0.397 e. The van der Waals surface area contributed by atoms with E-state index in [0.29, 0.717) is 19.5 Å². The number of fused-ring (bicyclic) bond motifs is 1. The number of nitrogens with one attached hydrogen (secondary N) is 3. The Kier molecular flexibility index (Phi) is 20.1. The quantitative estimate of drug-likeness (QED) is 0.0519. The second-order valence-corrected chi connectivity index (χ2v) is 14.9. The van der Waals surface area contributed by atoms with Gasteiger partial charge in [-0.1, -0.05) is 103 Å². The van der Waals surface area contributed by atoms with Crippen LogP contribution in [0.5, 0.6) is 0 Å². The number of amides is 2. The Morgan fingerprint density at radius 1 is 0.806 bits per heavy atom. The van der Waals surface area contributed by atoms with Crippen LogP contribution in [0.3, 0.4) is 0 Å². The maximum atomic E-state index is 13.3. The number of nitrogens with two attached hydrogens (primary N) is 2. The predicted octanol–water partition coefficient (Wildman–Crippen LogP) is 9.89. The molecule has 3 aromatic heterocycles. The molecule has 0 fully saturated rings. The van der Waals surface area contributed by atoms with Gasteiger partial charge in [0.15, 0.2) is 0 Å². The first-order chi connectivity index (χ1) is 29.4. The number of hydrogen-bond acceptors (Lipinski definition) is 8. The van der Waals surface area contributed by atoms with Crippen molar-refractivity contribution in [1.82, 2.24) is 20.6 Å². The number of nitriles is 1. The second kappa shape index (κ2) is 24.6. The molecule has 0 aliphatic carbocycles. The summed E-state index contributed by atoms with van der Waals surface area (Å²) in [6, 6.07) is 33.1. The summed E-state index contributed by atoms with van der Waals surface area (Å²) in [5.74, 6) is -0.570. The second-order valence-electron chi connectivity index (χ2n) is 13.2. The molecule has 0 radical (unpaired) electrons. The van der Waals surface area contributed by atoms with Crippen molar-refractivity contribution in [3.05, 3.63) is 157 Å². The molecule has 6 aromatic rings. The zero-order valence-electron chi connectivity index (χ0n) is 33.6. The largest absolute Gasteiger partial charge is 0.417 e. The third-order valence-electron chi connectivity index (χ3n) is 8.44. The SMILES string of the molecule is Cc1cc(C(F)(F)F)c(C#N)c(=S)[nH]1.Cc1cc(C(F)(F)F)c2c(N)c(C(=O)NCCc3ccccc3)sc2n1.NCCc1ccccc1.O=C(CCl)NCCc1ccccc1. The highest BCUT2D eigenvalue weighted by atomic mass is 35.5. The standard InChI is InChI=1S/C18H16F3N3OS.C10H12ClNO.C8H5F3N2S.C8H11N/c1-10-9-12(18(19,20)21)13-14(22)15(26-17(13)24-10)16(25)23-8-7-11-5-3-2-4-6-11;11-8-10(13)12-7-6-9-4-2-1-3-5-9;1-4-2-6(8(9,10)11)5(3-12)7(14)13-4;9-7-6-8-4-2-1-3-5-8/h2-6,9H,7-8,22H2,1H3,(H,23,25);1-5H,6-8H2,(H,12,13);2H,1H3,(H,13,14);1-5H,6-7,9H2. The number of H-pyrrole nitrogens is 1. The number of alkyl halides is 7. The molecule has 0 saturated carbocycles. The summed E-state index contributed by atoms with van der Waals surface area (Å²) in [5.41, 5.74) is 12.8. The molecule has 62 heavy (non-hydrogen) atoms. The lowest BCUT2D eigenvalue weighted by molar-refractivity contribution is -0.138. The van der Waals surface area contributed by atoms with Crippen LogP contribution in [0.4, 0.5) is 32.0 Å². The highest BCUT2D eigenvalue weighted by Gasteiger charge is 2.36. The number of nitrogens with zero attached hydrogens (tertiary/aromatic N) is 2. The van der Waals surface area contributed by atoms with Crippen LogP contribution in [0.15, 0.2) is 103 Å². The van der Waals surface area contributed by atoms with Gasteiger partial charge >= 0.3 is 12.4 Å². The molecule has 3 aromatic carbocycles. The zero-order chi connectivity index (χ0) is 45.9. The van der Waals surface area contributed by atoms with Gasteiger partial charge in [-0.25, -0.2) is 4.98 Å². The molecule has 328 valence electrons. The number of anilines is 1. The summed E-state index contributed by atoms with van der Waals surface area (Å²) in [7, 11) is 0. The minimum absolute atomic E-state index is 0.0365. The molecule has 0 aliphatic rings. The monoisotopic (exact) mass is 915 g/mol. The Morgan fingerprint density at radius 2 is 1.29 bits per heavy atom. The van der Waals surface area contributed by atoms with Crippen molar-refractivity contribution in [2.24, 2.45) is 5.73 Å². The van der Waals surface area contributed by atoms with Crippen LogP contribution in [0.2, 0.25) is 0 Å². The van der Waals surface area contributed by atoms with Crippen molar-refractivity contribution in [2.45, 2.75) is 45.5 Å². The van der Waals surface area contributed by atoms with E-state index in [9.17, 15) is 35.9 Å². The maximum absolute atomic E-state index is 13.3. The average Bonchev–Trinajstić information content (AvgIpc) is 3.56. The zero-order valence-corrected chi connectivity index (χ0v) is 36.0. The third-order valence-corrected chi connectivity index (χ3v) is 10.1. The van der Waals surface area contributed by atoms with E-state index in [1.54, 1.807) is 0 Å². The number of rotatable bonds is 10. The number of carbonyl (C=O) groups is 2. The van der Waals surface area contributed by atoms with Gasteiger partial charge in [0.05, 0.1) is 22.4 Å². The Labute approximate surface area is 369 Å². The Balaban J connectivity index is 0.000000241. The summed E-state index contributed by atoms with van der Waals surface area (Å²) >= 11 is 10.8. The van der Waals surface area contributed by atoms with E-state index < -0.39 is 35.0 Å². The lowest BCUT2D eigenvalue weighted by atomic mass is 10.1. The number of aromatic nitrogens is 2. The number of nitrogen functional groups attached to an aromatic ring is 1. The van der Waals surface area contributed by atoms with Gasteiger partial charge in [-0.15, -0.1) is 22.9 Å². The number of aryl methyl sites for hydroxylation is 2. The summed E-state index contributed by atoms with van der Waals surface area (Å²) < 4.78 is 76.9. The van der Waals surface area contributed by atoms with Gasteiger partial charge in [0.1, 0.15) is 26.3 Å². The first-order valence-electron chi connectivity index (χ1n) is 18.8. The van der Waals surface area contributed by atoms with E-state index in [4.69, 9.17) is 28.3 Å². The molecular formula is C44H44ClF6N7O2S2. The van der Waals surface area contributed by atoms with Crippen LogP contribution in [0.1, 0.15) is 54.4 Å². The topological polar surface area (TPSA) is 163 Å². The Morgan fingerprint density at radius 3 is 1.74 bits per heavy atom. The Hall–Kier alpha value is -5.80. The van der Waals surface area contributed by atoms with Crippen LogP contribution in [0.25, 0.3) is 10.2 Å². The molecule has 9 nitrogen and oxygen atoms in total. The van der Waals surface area contributed by atoms with E-state index >= 15 is 0 Å². The number of aromatic amines is 1. The van der Waals surface area contributed by atoms with Crippen LogP contribution in [-0.4, -0.2) is 47.3 Å². The molecule has 0 saturated heterocycles. The van der Waals surface area contributed by atoms with Crippen LogP contribution >= 0.6 is 35.2 Å². The molecule has 0 aliphatic heterocycles. The van der Waals surface area contributed by atoms with Crippen molar-refractivity contribution < 1.29 is 35.9 Å². The average molecular weight is 916 g/mol. The Bertz CT molecular complexity index is 2460. The van der Waals surface area contributed by atoms with Gasteiger partial charge in [-0.05, 0) is 68.5 Å². The highest BCUT2D eigenvalue weighted by molar-refractivity contribution is 7.71. The van der Waals surface area contributed by atoms with E-state index in [-0.39, 0.29) is 48.6 Å². The number of halogens is 7. The number of thiophene rings is 1. The fraction of sp³-hybridized carbons (Fsp3) is 0.250. The molecular weight excluding hydrogens is 872 g/mol. The van der Waals surface area contributed by atoms with E-state index in [2.05, 4.69) is 45.0 Å². The number of pyridine rings is 2. The molecule has 2 amide bonds. The molecule has 0 unspecified atom stereocenters. The molecule has 6 rings (SSSR count). The van der Waals surface area contributed by atoms with E-state index in [1.807, 2.05) is 78.9 Å².